The predicted molar refractivity (Wildman–Crippen MR) is 74.1 cm³/mol. The zero-order valence-electron chi connectivity index (χ0n) is 11.2. The second-order valence-electron chi connectivity index (χ2n) is 5.20. The number of hydrogen-bond donors (Lipinski definition) is 2. The highest BCUT2D eigenvalue weighted by atomic mass is 16.5. The molecular weight excluding hydrogens is 224 g/mol. The van der Waals surface area contributed by atoms with Crippen LogP contribution in [-0.4, -0.2) is 12.7 Å². The van der Waals surface area contributed by atoms with Crippen LogP contribution in [0.3, 0.4) is 0 Å². The van der Waals surface area contributed by atoms with Crippen LogP contribution in [0.25, 0.3) is 0 Å². The Kier molecular flexibility index (Phi) is 5.17. The topological polar surface area (TPSA) is 47.3 Å². The Labute approximate surface area is 110 Å². The number of nitrogens with two attached hydrogens (primary N) is 1. The third kappa shape index (κ3) is 3.80. The van der Waals surface area contributed by atoms with Gasteiger partial charge >= 0.3 is 0 Å². The molecule has 1 aromatic rings. The van der Waals surface area contributed by atoms with Crippen LogP contribution in [0.1, 0.15) is 49.3 Å². The quantitative estimate of drug-likeness (QED) is 0.601. The molecule has 2 rings (SSSR count). The van der Waals surface area contributed by atoms with Gasteiger partial charge < -0.3 is 4.74 Å². The van der Waals surface area contributed by atoms with Gasteiger partial charge in [0, 0.05) is 12.6 Å². The van der Waals surface area contributed by atoms with Crippen molar-refractivity contribution < 1.29 is 4.74 Å². The fraction of sp³-hybridized carbons (Fsp3) is 0.600. The van der Waals surface area contributed by atoms with Gasteiger partial charge in [0.2, 0.25) is 0 Å². The summed E-state index contributed by atoms with van der Waals surface area (Å²) in [6, 6.07) is 8.81. The van der Waals surface area contributed by atoms with Crippen LogP contribution in [-0.2, 0) is 4.74 Å². The molecule has 0 radical (unpaired) electrons. The van der Waals surface area contributed by atoms with E-state index in [4.69, 9.17) is 10.6 Å². The van der Waals surface area contributed by atoms with Gasteiger partial charge in [-0.15, -0.1) is 0 Å². The van der Waals surface area contributed by atoms with Crippen LogP contribution in [0.15, 0.2) is 24.3 Å². The van der Waals surface area contributed by atoms with Crippen molar-refractivity contribution in [3.05, 3.63) is 35.4 Å². The van der Waals surface area contributed by atoms with Gasteiger partial charge in [0.1, 0.15) is 0 Å². The van der Waals surface area contributed by atoms with E-state index in [1.165, 1.54) is 24.0 Å². The van der Waals surface area contributed by atoms with Crippen molar-refractivity contribution in [2.24, 2.45) is 5.84 Å². The summed E-state index contributed by atoms with van der Waals surface area (Å²) < 4.78 is 5.64. The summed E-state index contributed by atoms with van der Waals surface area (Å²) >= 11 is 0. The molecule has 3 N–H and O–H groups in total. The van der Waals surface area contributed by atoms with E-state index in [0.717, 1.165) is 25.9 Å². The van der Waals surface area contributed by atoms with Crippen molar-refractivity contribution in [1.29, 1.82) is 0 Å². The molecule has 1 saturated heterocycles. The highest BCUT2D eigenvalue weighted by Gasteiger charge is 2.16. The van der Waals surface area contributed by atoms with E-state index in [1.807, 2.05) is 0 Å². The molecule has 0 amide bonds. The lowest BCUT2D eigenvalue weighted by atomic mass is 9.98. The molecular formula is C15H24N2O. The summed E-state index contributed by atoms with van der Waals surface area (Å²) in [5.74, 6) is 5.67. The number of benzene rings is 1. The van der Waals surface area contributed by atoms with Gasteiger partial charge in [0.15, 0.2) is 0 Å². The van der Waals surface area contributed by atoms with Crippen LogP contribution in [0.5, 0.6) is 0 Å². The van der Waals surface area contributed by atoms with Crippen molar-refractivity contribution in [3.63, 3.8) is 0 Å². The Balaban J connectivity index is 1.81. The molecule has 3 heteroatoms. The molecule has 100 valence electrons. The maximum absolute atomic E-state index is 5.67. The largest absolute Gasteiger partial charge is 0.378 e. The summed E-state index contributed by atoms with van der Waals surface area (Å²) in [4.78, 5) is 0. The fourth-order valence-corrected chi connectivity index (χ4v) is 2.65. The summed E-state index contributed by atoms with van der Waals surface area (Å²) in [5, 5.41) is 0. The minimum absolute atomic E-state index is 0.256. The van der Waals surface area contributed by atoms with Crippen LogP contribution >= 0.6 is 0 Å². The minimum Gasteiger partial charge on any atom is -0.378 e. The number of ether oxygens (including phenoxy) is 1. The van der Waals surface area contributed by atoms with Crippen molar-refractivity contribution in [1.82, 2.24) is 5.43 Å². The lowest BCUT2D eigenvalue weighted by Gasteiger charge is -2.18. The van der Waals surface area contributed by atoms with E-state index in [9.17, 15) is 0 Å². The van der Waals surface area contributed by atoms with Crippen molar-refractivity contribution >= 4 is 0 Å². The van der Waals surface area contributed by atoms with Crippen LogP contribution in [0.4, 0.5) is 0 Å². The normalized spacial score (nSPS) is 21.1. The van der Waals surface area contributed by atoms with Gasteiger partial charge in [0.05, 0.1) is 6.10 Å². The standard InChI is InChI=1S/C15H24N2O/c1-12-5-2-6-13(11-12)15(17-16)9-3-7-14-8-4-10-18-14/h2,5-6,11,14-15,17H,3-4,7-10,16H2,1H3. The summed E-state index contributed by atoms with van der Waals surface area (Å²) in [6.07, 6.45) is 6.32. The monoisotopic (exact) mass is 248 g/mol. The molecule has 1 heterocycles. The van der Waals surface area contributed by atoms with Gasteiger partial charge in [-0.25, -0.2) is 0 Å². The molecule has 18 heavy (non-hydrogen) atoms. The average Bonchev–Trinajstić information content (AvgIpc) is 2.88. The first-order chi connectivity index (χ1) is 8.79. The summed E-state index contributed by atoms with van der Waals surface area (Å²) in [5.41, 5.74) is 5.50. The van der Waals surface area contributed by atoms with E-state index in [1.54, 1.807) is 0 Å². The lowest BCUT2D eigenvalue weighted by Crippen LogP contribution is -2.28. The zero-order valence-corrected chi connectivity index (χ0v) is 11.2. The number of nitrogens with one attached hydrogen (secondary N) is 1. The third-order valence-electron chi connectivity index (χ3n) is 3.69. The molecule has 0 bridgehead atoms. The highest BCUT2D eigenvalue weighted by Crippen LogP contribution is 2.23. The predicted octanol–water partition coefficient (Wildman–Crippen LogP) is 2.85. The van der Waals surface area contributed by atoms with Gasteiger partial charge in [-0.05, 0) is 44.6 Å². The average molecular weight is 248 g/mol. The summed E-state index contributed by atoms with van der Waals surface area (Å²) in [7, 11) is 0. The van der Waals surface area contributed by atoms with Crippen LogP contribution in [0, 0.1) is 6.92 Å². The van der Waals surface area contributed by atoms with Crippen molar-refractivity contribution in [2.45, 2.75) is 51.2 Å². The Morgan fingerprint density at radius 1 is 1.50 bits per heavy atom. The van der Waals surface area contributed by atoms with Crippen molar-refractivity contribution in [3.8, 4) is 0 Å². The molecule has 0 saturated carbocycles. The van der Waals surface area contributed by atoms with E-state index in [-0.39, 0.29) is 6.04 Å². The maximum Gasteiger partial charge on any atom is 0.0576 e. The van der Waals surface area contributed by atoms with Crippen LogP contribution < -0.4 is 11.3 Å². The third-order valence-corrected chi connectivity index (χ3v) is 3.69. The molecule has 2 atom stereocenters. The Morgan fingerprint density at radius 2 is 2.39 bits per heavy atom. The van der Waals surface area contributed by atoms with E-state index < -0.39 is 0 Å². The van der Waals surface area contributed by atoms with E-state index in [0.29, 0.717) is 6.10 Å². The number of rotatable bonds is 6. The fourth-order valence-electron chi connectivity index (χ4n) is 2.65. The second-order valence-corrected chi connectivity index (χ2v) is 5.20. The number of hydrogen-bond acceptors (Lipinski definition) is 3. The summed E-state index contributed by atoms with van der Waals surface area (Å²) in [6.45, 7) is 3.06. The minimum atomic E-state index is 0.256. The first kappa shape index (κ1) is 13.5. The Hall–Kier alpha value is -0.900. The molecule has 0 aromatic heterocycles. The second kappa shape index (κ2) is 6.88. The smallest absolute Gasteiger partial charge is 0.0576 e. The first-order valence-corrected chi connectivity index (χ1v) is 6.94. The molecule has 1 fully saturated rings. The van der Waals surface area contributed by atoms with E-state index in [2.05, 4.69) is 36.6 Å². The molecule has 1 aliphatic heterocycles. The van der Waals surface area contributed by atoms with Gasteiger partial charge in [0.25, 0.3) is 0 Å². The molecule has 3 nitrogen and oxygen atoms in total. The van der Waals surface area contributed by atoms with Crippen LogP contribution in [0.2, 0.25) is 0 Å². The maximum atomic E-state index is 5.67. The lowest BCUT2D eigenvalue weighted by molar-refractivity contribution is 0.101. The SMILES string of the molecule is Cc1cccc(C(CCCC2CCCO2)NN)c1. The molecule has 1 aliphatic rings. The molecule has 0 aliphatic carbocycles. The zero-order chi connectivity index (χ0) is 12.8. The molecule has 2 unspecified atom stereocenters. The molecule has 1 aromatic carbocycles. The number of hydrazine groups is 1. The van der Waals surface area contributed by atoms with Gasteiger partial charge in [-0.1, -0.05) is 29.8 Å². The van der Waals surface area contributed by atoms with Gasteiger partial charge in [-0.2, -0.15) is 0 Å². The highest BCUT2D eigenvalue weighted by molar-refractivity contribution is 5.24. The van der Waals surface area contributed by atoms with E-state index >= 15 is 0 Å². The molecule has 0 spiro atoms. The van der Waals surface area contributed by atoms with Gasteiger partial charge in [-0.3, -0.25) is 11.3 Å². The first-order valence-electron chi connectivity index (χ1n) is 6.94. The number of aryl methyl sites for hydroxylation is 1. The van der Waals surface area contributed by atoms with Crippen molar-refractivity contribution in [2.75, 3.05) is 6.61 Å². The Bertz CT molecular complexity index is 361. The Morgan fingerprint density at radius 3 is 3.06 bits per heavy atom.